The van der Waals surface area contributed by atoms with Crippen molar-refractivity contribution < 1.29 is 33.2 Å². The summed E-state index contributed by atoms with van der Waals surface area (Å²) in [4.78, 5) is 13.4. The summed E-state index contributed by atoms with van der Waals surface area (Å²) in [6.45, 7) is 0.322. The molecule has 9 nitrogen and oxygen atoms in total. The van der Waals surface area contributed by atoms with Gasteiger partial charge < -0.3 is 39.1 Å². The smallest absolute Gasteiger partial charge is 0.310 e. The van der Waals surface area contributed by atoms with Crippen LogP contribution in [0.4, 0.5) is 5.69 Å². The Balaban J connectivity index is 1.45. The van der Waals surface area contributed by atoms with Gasteiger partial charge in [0.15, 0.2) is 28.1 Å². The number of fused-ring (bicyclic) bond motifs is 3. The van der Waals surface area contributed by atoms with Crippen LogP contribution in [0.5, 0.6) is 28.7 Å². The molecule has 214 valence electrons. The molecule has 3 aromatic carbocycles. The number of hydrogen-bond donors (Lipinski definition) is 2. The molecule has 1 fully saturated rings. The predicted octanol–water partition coefficient (Wildman–Crippen LogP) is 5.71. The van der Waals surface area contributed by atoms with Gasteiger partial charge in [0.05, 0.1) is 49.9 Å². The van der Waals surface area contributed by atoms with Gasteiger partial charge in [0.2, 0.25) is 12.5 Å². The van der Waals surface area contributed by atoms with Crippen molar-refractivity contribution in [2.75, 3.05) is 40.0 Å². The lowest BCUT2D eigenvalue weighted by Gasteiger charge is -2.40. The largest absolute Gasteiger partial charge is 0.493 e. The fourth-order valence-corrected chi connectivity index (χ4v) is 6.45. The number of carbonyl (C=O) groups is 1. The molecule has 0 aromatic heterocycles. The van der Waals surface area contributed by atoms with Crippen LogP contribution in [0.1, 0.15) is 28.7 Å². The van der Waals surface area contributed by atoms with Gasteiger partial charge in [0.25, 0.3) is 0 Å². The zero-order chi connectivity index (χ0) is 28.8. The fourth-order valence-electron chi connectivity index (χ4n) is 5.91. The molecule has 6 rings (SSSR count). The number of benzene rings is 3. The number of thiocarbonyl (C=S) groups is 1. The van der Waals surface area contributed by atoms with Crippen LogP contribution < -0.4 is 34.3 Å². The number of anilines is 1. The molecule has 3 aliphatic rings. The van der Waals surface area contributed by atoms with E-state index in [2.05, 4.69) is 10.6 Å². The zero-order valence-electron chi connectivity index (χ0n) is 22.3. The molecule has 2 aliphatic heterocycles. The van der Waals surface area contributed by atoms with E-state index in [0.29, 0.717) is 49.6 Å². The third-order valence-electron chi connectivity index (χ3n) is 7.70. The van der Waals surface area contributed by atoms with E-state index in [4.69, 9.17) is 63.8 Å². The lowest BCUT2D eigenvalue weighted by Crippen LogP contribution is -2.44. The predicted molar refractivity (Wildman–Crippen MR) is 157 cm³/mol. The highest BCUT2D eigenvalue weighted by Crippen LogP contribution is 2.55. The minimum Gasteiger partial charge on any atom is -0.493 e. The van der Waals surface area contributed by atoms with Gasteiger partial charge >= 0.3 is 5.97 Å². The second kappa shape index (κ2) is 11.0. The summed E-state index contributed by atoms with van der Waals surface area (Å²) in [5, 5.41) is 7.78. The van der Waals surface area contributed by atoms with Gasteiger partial charge in [-0.3, -0.25) is 4.79 Å². The van der Waals surface area contributed by atoms with Gasteiger partial charge in [-0.1, -0.05) is 23.2 Å². The molecule has 3 aromatic rings. The van der Waals surface area contributed by atoms with Crippen molar-refractivity contribution in [3.63, 3.8) is 0 Å². The summed E-state index contributed by atoms with van der Waals surface area (Å²) in [5.41, 5.74) is 3.26. The van der Waals surface area contributed by atoms with E-state index in [1.54, 1.807) is 39.5 Å². The minimum absolute atomic E-state index is 0.108. The summed E-state index contributed by atoms with van der Waals surface area (Å²) in [6.07, 6.45) is 0. The summed E-state index contributed by atoms with van der Waals surface area (Å²) >= 11 is 18.0. The Hall–Kier alpha value is -3.60. The quantitative estimate of drug-likeness (QED) is 0.265. The van der Waals surface area contributed by atoms with Crippen molar-refractivity contribution in [2.45, 2.75) is 12.0 Å². The molecule has 0 saturated carbocycles. The molecule has 0 amide bonds. The van der Waals surface area contributed by atoms with Gasteiger partial charge in [-0.15, -0.1) is 0 Å². The molecule has 0 radical (unpaired) electrons. The Labute approximate surface area is 251 Å². The second-order valence-corrected chi connectivity index (χ2v) is 11.0. The number of esters is 1. The van der Waals surface area contributed by atoms with Crippen LogP contribution in [0, 0.1) is 11.8 Å². The molecule has 4 atom stereocenters. The number of carbonyl (C=O) groups excluding carboxylic acids is 1. The third-order valence-corrected chi connectivity index (χ3v) is 8.66. The monoisotopic (exact) mass is 616 g/mol. The van der Waals surface area contributed by atoms with E-state index in [9.17, 15) is 4.79 Å². The molecule has 0 bridgehead atoms. The number of cyclic esters (lactones) is 1. The minimum atomic E-state index is -0.532. The molecule has 0 spiro atoms. The van der Waals surface area contributed by atoms with E-state index < -0.39 is 11.8 Å². The van der Waals surface area contributed by atoms with Crippen molar-refractivity contribution >= 4 is 52.2 Å². The number of hydrogen-bond acceptors (Lipinski definition) is 8. The van der Waals surface area contributed by atoms with Crippen LogP contribution in [0.25, 0.3) is 0 Å². The number of halogens is 2. The van der Waals surface area contributed by atoms with Crippen LogP contribution in [-0.2, 0) is 9.53 Å². The lowest BCUT2D eigenvalue weighted by atomic mass is 9.65. The molecule has 1 aliphatic carbocycles. The van der Waals surface area contributed by atoms with Crippen LogP contribution in [0.3, 0.4) is 0 Å². The first-order valence-electron chi connectivity index (χ1n) is 12.8. The summed E-state index contributed by atoms with van der Waals surface area (Å²) < 4.78 is 34.0. The summed E-state index contributed by atoms with van der Waals surface area (Å²) in [5.74, 6) is 1.16. The molecule has 2 heterocycles. The van der Waals surface area contributed by atoms with Crippen LogP contribution in [0.2, 0.25) is 10.0 Å². The Morgan fingerprint density at radius 3 is 2.22 bits per heavy atom. The maximum absolute atomic E-state index is 13.4. The molecule has 2 N–H and O–H groups in total. The second-order valence-electron chi connectivity index (χ2n) is 9.80. The van der Waals surface area contributed by atoms with Gasteiger partial charge in [0, 0.05) is 17.5 Å². The SMILES string of the molecule is COc1cc([C@@H]2c3cc4c(cc3[C@@H](NC(=S)Nc3ccc(Cl)c(Cl)c3)[C@H]3COC(=O)[C@H]23)OCO4)cc(OC)c1OC. The van der Waals surface area contributed by atoms with E-state index >= 15 is 0 Å². The Bertz CT molecular complexity index is 1530. The lowest BCUT2D eigenvalue weighted by molar-refractivity contribution is -0.141. The zero-order valence-corrected chi connectivity index (χ0v) is 24.6. The Morgan fingerprint density at radius 1 is 0.902 bits per heavy atom. The van der Waals surface area contributed by atoms with E-state index in [1.807, 2.05) is 24.3 Å². The van der Waals surface area contributed by atoms with Crippen LogP contribution in [-0.4, -0.2) is 45.8 Å². The van der Waals surface area contributed by atoms with E-state index in [-0.39, 0.29) is 31.3 Å². The topological polar surface area (TPSA) is 96.5 Å². The summed E-state index contributed by atoms with van der Waals surface area (Å²) in [7, 11) is 4.66. The van der Waals surface area contributed by atoms with Crippen molar-refractivity contribution in [3.05, 3.63) is 69.2 Å². The highest BCUT2D eigenvalue weighted by atomic mass is 35.5. The first kappa shape index (κ1) is 27.6. The Kier molecular flexibility index (Phi) is 7.39. The average Bonchev–Trinajstić information content (AvgIpc) is 3.59. The first-order valence-corrected chi connectivity index (χ1v) is 13.9. The standard InChI is InChI=1S/C29H26Cl2N2O7S/c1-35-22-6-13(7-23(36-2)27(22)37-3)24-15-9-20-21(40-12-39-20)10-16(15)26(17-11-38-28(34)25(17)24)33-29(41)32-14-4-5-18(30)19(31)8-14/h4-10,17,24-26H,11-12H2,1-3H3,(H2,32,33,41)/t17-,24+,25-,26+/m0/s1. The highest BCUT2D eigenvalue weighted by molar-refractivity contribution is 7.80. The average molecular weight is 618 g/mol. The molecule has 0 unspecified atom stereocenters. The normalized spacial score (nSPS) is 21.8. The van der Waals surface area contributed by atoms with Gasteiger partial charge in [-0.2, -0.15) is 0 Å². The van der Waals surface area contributed by atoms with Gasteiger partial charge in [-0.25, -0.2) is 0 Å². The van der Waals surface area contributed by atoms with Gasteiger partial charge in [0.1, 0.15) is 0 Å². The van der Waals surface area contributed by atoms with Crippen molar-refractivity contribution in [1.29, 1.82) is 0 Å². The van der Waals surface area contributed by atoms with Gasteiger partial charge in [-0.05, 0) is 71.4 Å². The van der Waals surface area contributed by atoms with Crippen molar-refractivity contribution in [1.82, 2.24) is 5.32 Å². The number of rotatable bonds is 6. The van der Waals surface area contributed by atoms with Crippen molar-refractivity contribution in [2.24, 2.45) is 11.8 Å². The molecular weight excluding hydrogens is 591 g/mol. The first-order chi connectivity index (χ1) is 19.8. The number of nitrogens with one attached hydrogen (secondary N) is 2. The molecular formula is C29H26Cl2N2O7S. The number of ether oxygens (including phenoxy) is 6. The highest BCUT2D eigenvalue weighted by Gasteiger charge is 2.53. The Morgan fingerprint density at radius 2 is 1.59 bits per heavy atom. The van der Waals surface area contributed by atoms with Crippen LogP contribution >= 0.6 is 35.4 Å². The fraction of sp³-hybridized carbons (Fsp3) is 0.310. The van der Waals surface area contributed by atoms with E-state index in [0.717, 1.165) is 16.7 Å². The number of methoxy groups -OCH3 is 3. The van der Waals surface area contributed by atoms with E-state index in [1.165, 1.54) is 0 Å². The maximum atomic E-state index is 13.4. The molecule has 12 heteroatoms. The van der Waals surface area contributed by atoms with Crippen molar-refractivity contribution in [3.8, 4) is 28.7 Å². The molecule has 1 saturated heterocycles. The summed E-state index contributed by atoms with van der Waals surface area (Å²) in [6, 6.07) is 12.4. The third kappa shape index (κ3) is 4.83. The van der Waals surface area contributed by atoms with Crippen LogP contribution in [0.15, 0.2) is 42.5 Å². The molecule has 41 heavy (non-hydrogen) atoms. The maximum Gasteiger partial charge on any atom is 0.310 e.